The van der Waals surface area contributed by atoms with Gasteiger partial charge in [-0.15, -0.1) is 0 Å². The Kier molecular flexibility index (Phi) is 9.30. The van der Waals surface area contributed by atoms with E-state index in [2.05, 4.69) is 40.4 Å². The number of aryl methyl sites for hydroxylation is 2. The summed E-state index contributed by atoms with van der Waals surface area (Å²) in [5.74, 6) is 2.06. The maximum Gasteiger partial charge on any atom is 0.410 e. The van der Waals surface area contributed by atoms with Gasteiger partial charge in [0.25, 0.3) is 0 Å². The number of amides is 1. The highest BCUT2D eigenvalue weighted by molar-refractivity contribution is 5.88. The molecule has 2 aliphatic rings. The van der Waals surface area contributed by atoms with Gasteiger partial charge in [-0.1, -0.05) is 30.3 Å². The van der Waals surface area contributed by atoms with Gasteiger partial charge in [0, 0.05) is 49.5 Å². The molecule has 0 unspecified atom stereocenters. The number of aromatic nitrogens is 2. The first kappa shape index (κ1) is 30.5. The maximum absolute atomic E-state index is 12.5. The number of carbonyl (C=O) groups is 1. The standard InChI is InChI=1S/C34H43N5O4/c1-22-15-26(20-35)30(18-29(22)25-11-13-39(14-12-25)33(40)43-34(3,4)5)38-31-19-32(37-23(2)36-31)42-28-16-27(17-28)41-21-24-9-7-6-8-10-24/h6-10,15,18-20,25,27-28,35H,11-14,16-17,21H2,1-5H3,(H,36,37,38). The number of carbonyl (C=O) groups excluding carboxylic acids is 1. The number of hydrogen-bond acceptors (Lipinski definition) is 8. The van der Waals surface area contributed by atoms with Crippen LogP contribution >= 0.6 is 0 Å². The molecule has 0 atom stereocenters. The van der Waals surface area contributed by atoms with E-state index < -0.39 is 5.60 Å². The van der Waals surface area contributed by atoms with Gasteiger partial charge in [0.1, 0.15) is 23.3 Å². The van der Waals surface area contributed by atoms with Gasteiger partial charge in [-0.3, -0.25) is 0 Å². The van der Waals surface area contributed by atoms with Crippen LogP contribution < -0.4 is 10.1 Å². The number of hydrogen-bond donors (Lipinski definition) is 2. The third-order valence-corrected chi connectivity index (χ3v) is 7.92. The minimum Gasteiger partial charge on any atom is -0.474 e. The normalized spacial score (nSPS) is 19.0. The summed E-state index contributed by atoms with van der Waals surface area (Å²) in [5, 5.41) is 11.5. The van der Waals surface area contributed by atoms with E-state index in [4.69, 9.17) is 19.6 Å². The molecular formula is C34H43N5O4. The summed E-state index contributed by atoms with van der Waals surface area (Å²) < 4.78 is 17.8. The third kappa shape index (κ3) is 8.10. The van der Waals surface area contributed by atoms with Crippen molar-refractivity contribution in [2.45, 2.75) is 90.6 Å². The smallest absolute Gasteiger partial charge is 0.410 e. The summed E-state index contributed by atoms with van der Waals surface area (Å²) in [4.78, 5) is 23.4. The first-order valence-electron chi connectivity index (χ1n) is 15.1. The van der Waals surface area contributed by atoms with Crippen LogP contribution in [0.3, 0.4) is 0 Å². The molecule has 1 aromatic heterocycles. The molecule has 2 aromatic carbocycles. The van der Waals surface area contributed by atoms with E-state index in [1.54, 1.807) is 4.90 Å². The van der Waals surface area contributed by atoms with Crippen molar-refractivity contribution in [1.29, 1.82) is 5.41 Å². The van der Waals surface area contributed by atoms with Gasteiger partial charge in [-0.25, -0.2) is 9.78 Å². The Labute approximate surface area is 254 Å². The highest BCUT2D eigenvalue weighted by Gasteiger charge is 2.32. The lowest BCUT2D eigenvalue weighted by Gasteiger charge is -2.35. The van der Waals surface area contributed by atoms with Crippen LogP contribution in [0.2, 0.25) is 0 Å². The van der Waals surface area contributed by atoms with Crippen LogP contribution in [-0.4, -0.2) is 58.1 Å². The summed E-state index contributed by atoms with van der Waals surface area (Å²) in [6, 6.07) is 16.2. The Bertz CT molecular complexity index is 1420. The Hall–Kier alpha value is -3.98. The predicted molar refractivity (Wildman–Crippen MR) is 168 cm³/mol. The summed E-state index contributed by atoms with van der Waals surface area (Å²) in [5.41, 5.74) is 4.61. The zero-order valence-electron chi connectivity index (χ0n) is 25.9. The fraction of sp³-hybridized carbons (Fsp3) is 0.471. The number of ether oxygens (including phenoxy) is 3. The van der Waals surface area contributed by atoms with Gasteiger partial charge in [0.2, 0.25) is 5.88 Å². The summed E-state index contributed by atoms with van der Waals surface area (Å²) in [7, 11) is 0. The molecule has 228 valence electrons. The summed E-state index contributed by atoms with van der Waals surface area (Å²) in [6.45, 7) is 11.5. The van der Waals surface area contributed by atoms with Crippen LogP contribution in [0.15, 0.2) is 48.5 Å². The number of piperidine rings is 1. The van der Waals surface area contributed by atoms with Crippen molar-refractivity contribution in [2.75, 3.05) is 18.4 Å². The van der Waals surface area contributed by atoms with Crippen molar-refractivity contribution in [3.63, 3.8) is 0 Å². The molecule has 1 saturated heterocycles. The lowest BCUT2D eigenvalue weighted by atomic mass is 9.85. The second-order valence-electron chi connectivity index (χ2n) is 12.6. The Balaban J connectivity index is 1.21. The maximum atomic E-state index is 12.5. The topological polar surface area (TPSA) is 110 Å². The van der Waals surface area contributed by atoms with Crippen molar-refractivity contribution >= 4 is 23.8 Å². The first-order valence-corrected chi connectivity index (χ1v) is 15.1. The van der Waals surface area contributed by atoms with Crippen LogP contribution in [-0.2, 0) is 16.1 Å². The zero-order valence-corrected chi connectivity index (χ0v) is 25.9. The molecule has 2 N–H and O–H groups in total. The number of nitrogens with one attached hydrogen (secondary N) is 2. The van der Waals surface area contributed by atoms with Crippen LogP contribution in [0.5, 0.6) is 5.88 Å². The number of anilines is 2. The van der Waals surface area contributed by atoms with Gasteiger partial charge in [0.15, 0.2) is 0 Å². The van der Waals surface area contributed by atoms with E-state index >= 15 is 0 Å². The van der Waals surface area contributed by atoms with Gasteiger partial charge < -0.3 is 29.8 Å². The molecule has 9 heteroatoms. The Morgan fingerprint density at radius 3 is 2.44 bits per heavy atom. The van der Waals surface area contributed by atoms with E-state index in [0.29, 0.717) is 43.1 Å². The molecule has 2 heterocycles. The number of benzene rings is 2. The van der Waals surface area contributed by atoms with Gasteiger partial charge in [-0.05, 0) is 82.2 Å². The molecule has 1 aliphatic carbocycles. The predicted octanol–water partition coefficient (Wildman–Crippen LogP) is 7.08. The molecule has 1 amide bonds. The van der Waals surface area contributed by atoms with Crippen molar-refractivity contribution in [3.05, 3.63) is 76.6 Å². The van der Waals surface area contributed by atoms with Crippen molar-refractivity contribution in [2.24, 2.45) is 0 Å². The molecule has 0 spiro atoms. The molecule has 43 heavy (non-hydrogen) atoms. The Morgan fingerprint density at radius 1 is 1.05 bits per heavy atom. The fourth-order valence-electron chi connectivity index (χ4n) is 5.63. The molecule has 1 aliphatic heterocycles. The average molecular weight is 586 g/mol. The number of rotatable bonds is 9. The van der Waals surface area contributed by atoms with E-state index in [9.17, 15) is 4.79 Å². The largest absolute Gasteiger partial charge is 0.474 e. The number of nitrogens with zero attached hydrogens (tertiary/aromatic N) is 3. The van der Waals surface area contributed by atoms with Gasteiger partial charge in [0.05, 0.1) is 12.7 Å². The second kappa shape index (κ2) is 13.1. The lowest BCUT2D eigenvalue weighted by Crippen LogP contribution is -2.41. The SMILES string of the molecule is Cc1nc(Nc2cc(C3CCN(C(=O)OC(C)(C)C)CC3)c(C)cc2C=N)cc(OC2CC(OCc3ccccc3)C2)n1. The minimum atomic E-state index is -0.505. The zero-order chi connectivity index (χ0) is 30.6. The fourth-order valence-corrected chi connectivity index (χ4v) is 5.63. The molecule has 5 rings (SSSR count). The van der Waals surface area contributed by atoms with Crippen molar-refractivity contribution in [3.8, 4) is 5.88 Å². The molecule has 3 aromatic rings. The van der Waals surface area contributed by atoms with Crippen LogP contribution in [0.1, 0.15) is 80.5 Å². The van der Waals surface area contributed by atoms with Gasteiger partial charge in [-0.2, -0.15) is 4.98 Å². The molecule has 1 saturated carbocycles. The van der Waals surface area contributed by atoms with Crippen LogP contribution in [0.4, 0.5) is 16.3 Å². The molecule has 9 nitrogen and oxygen atoms in total. The monoisotopic (exact) mass is 585 g/mol. The van der Waals surface area contributed by atoms with E-state index in [-0.39, 0.29) is 18.3 Å². The minimum absolute atomic E-state index is 0.0533. The second-order valence-corrected chi connectivity index (χ2v) is 12.6. The van der Waals surface area contributed by atoms with E-state index in [1.807, 2.05) is 58.0 Å². The van der Waals surface area contributed by atoms with Crippen molar-refractivity contribution in [1.82, 2.24) is 14.9 Å². The van der Waals surface area contributed by atoms with Crippen molar-refractivity contribution < 1.29 is 19.0 Å². The average Bonchev–Trinajstić information content (AvgIpc) is 2.94. The van der Waals surface area contributed by atoms with E-state index in [0.717, 1.165) is 42.5 Å². The van der Waals surface area contributed by atoms with Gasteiger partial charge >= 0.3 is 6.09 Å². The third-order valence-electron chi connectivity index (χ3n) is 7.92. The summed E-state index contributed by atoms with van der Waals surface area (Å²) in [6.07, 6.45) is 4.70. The molecular weight excluding hydrogens is 542 g/mol. The molecule has 0 radical (unpaired) electrons. The van der Waals surface area contributed by atoms with Crippen LogP contribution in [0, 0.1) is 19.3 Å². The molecule has 0 bridgehead atoms. The van der Waals surface area contributed by atoms with E-state index in [1.165, 1.54) is 17.3 Å². The lowest BCUT2D eigenvalue weighted by molar-refractivity contribution is -0.0695. The highest BCUT2D eigenvalue weighted by Crippen LogP contribution is 2.35. The first-order chi connectivity index (χ1) is 20.6. The highest BCUT2D eigenvalue weighted by atomic mass is 16.6. The summed E-state index contributed by atoms with van der Waals surface area (Å²) >= 11 is 0. The Morgan fingerprint density at radius 2 is 1.77 bits per heavy atom. The number of likely N-dealkylation sites (tertiary alicyclic amines) is 1. The molecule has 2 fully saturated rings. The van der Waals surface area contributed by atoms with Crippen LogP contribution in [0.25, 0.3) is 0 Å². The quantitative estimate of drug-likeness (QED) is 0.258.